The fourth-order valence-corrected chi connectivity index (χ4v) is 4.00. The Morgan fingerprint density at radius 1 is 1.20 bits per heavy atom. The highest BCUT2D eigenvalue weighted by Crippen LogP contribution is 2.25. The van der Waals surface area contributed by atoms with E-state index in [4.69, 9.17) is 16.6 Å². The number of carbonyl (C=O) groups is 1. The lowest BCUT2D eigenvalue weighted by Crippen LogP contribution is -2.38. The van der Waals surface area contributed by atoms with Gasteiger partial charge in [0, 0.05) is 28.7 Å². The summed E-state index contributed by atoms with van der Waals surface area (Å²) in [6.45, 7) is 6.72. The quantitative estimate of drug-likeness (QED) is 0.452. The van der Waals surface area contributed by atoms with Crippen LogP contribution in [0, 0.1) is 5.92 Å². The van der Waals surface area contributed by atoms with E-state index in [1.165, 1.54) is 4.57 Å². The molecule has 1 heterocycles. The molecule has 30 heavy (non-hydrogen) atoms. The van der Waals surface area contributed by atoms with Crippen LogP contribution in [0.2, 0.25) is 5.02 Å². The smallest absolute Gasteiger partial charge is 0.261 e. The molecule has 0 radical (unpaired) electrons. The van der Waals surface area contributed by atoms with Crippen molar-refractivity contribution in [1.82, 2.24) is 14.5 Å². The number of aromatic nitrogens is 2. The highest BCUT2D eigenvalue weighted by atomic mass is 79.9. The maximum absolute atomic E-state index is 13.4. The van der Waals surface area contributed by atoms with Gasteiger partial charge >= 0.3 is 0 Å². The fraction of sp³-hybridized carbons (Fsp3) is 0.348. The van der Waals surface area contributed by atoms with E-state index in [1.54, 1.807) is 36.2 Å². The van der Waals surface area contributed by atoms with Crippen LogP contribution in [-0.4, -0.2) is 26.9 Å². The van der Waals surface area contributed by atoms with Crippen LogP contribution in [0.1, 0.15) is 49.4 Å². The standard InChI is InChI=1S/C23H25BrClN3O2/c1-14(2)10-11-28(22(29)16-6-5-7-17(24)12-16)15(3)21-26-20-13-18(25)8-9-19(20)23(30)27(21)4/h5-9,12-15H,10-11H2,1-4H3. The Labute approximate surface area is 189 Å². The number of hydrogen-bond acceptors (Lipinski definition) is 3. The molecular weight excluding hydrogens is 466 g/mol. The summed E-state index contributed by atoms with van der Waals surface area (Å²) in [5, 5.41) is 1.02. The molecule has 0 saturated carbocycles. The predicted octanol–water partition coefficient (Wildman–Crippen LogP) is 5.60. The Kier molecular flexibility index (Phi) is 6.98. The molecular formula is C23H25BrClN3O2. The van der Waals surface area contributed by atoms with E-state index in [0.717, 1.165) is 10.9 Å². The normalized spacial score (nSPS) is 12.4. The van der Waals surface area contributed by atoms with Gasteiger partial charge in [-0.1, -0.05) is 47.4 Å². The highest BCUT2D eigenvalue weighted by molar-refractivity contribution is 9.10. The van der Waals surface area contributed by atoms with Gasteiger partial charge in [0.25, 0.3) is 11.5 Å². The molecule has 5 nitrogen and oxygen atoms in total. The van der Waals surface area contributed by atoms with Gasteiger partial charge in [-0.15, -0.1) is 0 Å². The average molecular weight is 491 g/mol. The van der Waals surface area contributed by atoms with Crippen LogP contribution in [0.4, 0.5) is 0 Å². The zero-order chi connectivity index (χ0) is 22.0. The van der Waals surface area contributed by atoms with Crippen LogP contribution in [0.15, 0.2) is 51.7 Å². The van der Waals surface area contributed by atoms with Gasteiger partial charge in [0.2, 0.25) is 0 Å². The van der Waals surface area contributed by atoms with E-state index >= 15 is 0 Å². The molecule has 0 bridgehead atoms. The third-order valence-corrected chi connectivity index (χ3v) is 5.92. The number of halogens is 2. The summed E-state index contributed by atoms with van der Waals surface area (Å²) in [6.07, 6.45) is 0.845. The van der Waals surface area contributed by atoms with Crippen LogP contribution in [0.5, 0.6) is 0 Å². The maximum Gasteiger partial charge on any atom is 0.261 e. The lowest BCUT2D eigenvalue weighted by Gasteiger charge is -2.30. The Balaban J connectivity index is 2.08. The van der Waals surface area contributed by atoms with Crippen molar-refractivity contribution < 1.29 is 4.79 Å². The fourth-order valence-electron chi connectivity index (χ4n) is 3.43. The first-order valence-corrected chi connectivity index (χ1v) is 11.1. The Morgan fingerprint density at radius 2 is 1.93 bits per heavy atom. The van der Waals surface area contributed by atoms with Gasteiger partial charge in [-0.05, 0) is 55.7 Å². The molecule has 158 valence electrons. The summed E-state index contributed by atoms with van der Waals surface area (Å²) < 4.78 is 2.37. The van der Waals surface area contributed by atoms with Gasteiger partial charge in [-0.2, -0.15) is 0 Å². The predicted molar refractivity (Wildman–Crippen MR) is 125 cm³/mol. The first kappa shape index (κ1) is 22.5. The summed E-state index contributed by atoms with van der Waals surface area (Å²) >= 11 is 9.56. The zero-order valence-electron chi connectivity index (χ0n) is 17.5. The third-order valence-electron chi connectivity index (χ3n) is 5.19. The number of fused-ring (bicyclic) bond motifs is 1. The highest BCUT2D eigenvalue weighted by Gasteiger charge is 2.26. The van der Waals surface area contributed by atoms with E-state index < -0.39 is 6.04 Å². The summed E-state index contributed by atoms with van der Waals surface area (Å²) in [4.78, 5) is 32.8. The van der Waals surface area contributed by atoms with Crippen LogP contribution < -0.4 is 5.56 Å². The molecule has 0 spiro atoms. The van der Waals surface area contributed by atoms with Crippen molar-refractivity contribution in [2.24, 2.45) is 13.0 Å². The van der Waals surface area contributed by atoms with E-state index in [9.17, 15) is 9.59 Å². The lowest BCUT2D eigenvalue weighted by atomic mass is 10.1. The molecule has 2 aromatic carbocycles. The number of hydrogen-bond donors (Lipinski definition) is 0. The number of nitrogens with zero attached hydrogens (tertiary/aromatic N) is 3. The van der Waals surface area contributed by atoms with Crippen molar-refractivity contribution in [3.63, 3.8) is 0 Å². The van der Waals surface area contributed by atoms with E-state index in [0.29, 0.717) is 39.8 Å². The second-order valence-electron chi connectivity index (χ2n) is 7.86. The maximum atomic E-state index is 13.4. The number of amides is 1. The van der Waals surface area contributed by atoms with Crippen molar-refractivity contribution in [2.75, 3.05) is 6.54 Å². The van der Waals surface area contributed by atoms with Crippen molar-refractivity contribution in [1.29, 1.82) is 0 Å². The second-order valence-corrected chi connectivity index (χ2v) is 9.22. The van der Waals surface area contributed by atoms with Crippen LogP contribution in [-0.2, 0) is 7.05 Å². The first-order chi connectivity index (χ1) is 14.2. The van der Waals surface area contributed by atoms with Gasteiger partial charge in [0.05, 0.1) is 16.9 Å². The Bertz CT molecular complexity index is 1140. The summed E-state index contributed by atoms with van der Waals surface area (Å²) in [5.74, 6) is 0.869. The minimum absolute atomic E-state index is 0.0927. The molecule has 3 rings (SSSR count). The largest absolute Gasteiger partial charge is 0.329 e. The van der Waals surface area contributed by atoms with Gasteiger partial charge in [-0.3, -0.25) is 14.2 Å². The van der Waals surface area contributed by atoms with Crippen molar-refractivity contribution >= 4 is 44.3 Å². The lowest BCUT2D eigenvalue weighted by molar-refractivity contribution is 0.0670. The Hall–Kier alpha value is -2.18. The molecule has 7 heteroatoms. The topological polar surface area (TPSA) is 55.2 Å². The second kappa shape index (κ2) is 9.31. The minimum atomic E-state index is -0.392. The minimum Gasteiger partial charge on any atom is -0.329 e. The summed E-state index contributed by atoms with van der Waals surface area (Å²) in [7, 11) is 1.69. The number of carbonyl (C=O) groups excluding carboxylic acids is 1. The molecule has 1 aromatic heterocycles. The van der Waals surface area contributed by atoms with Crippen molar-refractivity contribution in [2.45, 2.75) is 33.2 Å². The molecule has 0 aliphatic carbocycles. The molecule has 0 saturated heterocycles. The molecule has 1 amide bonds. The van der Waals surface area contributed by atoms with Gasteiger partial charge in [-0.25, -0.2) is 4.98 Å². The monoisotopic (exact) mass is 489 g/mol. The van der Waals surface area contributed by atoms with Gasteiger partial charge < -0.3 is 4.90 Å². The third kappa shape index (κ3) is 4.76. The first-order valence-electron chi connectivity index (χ1n) is 9.91. The van der Waals surface area contributed by atoms with Crippen LogP contribution in [0.3, 0.4) is 0 Å². The van der Waals surface area contributed by atoms with Crippen molar-refractivity contribution in [3.05, 3.63) is 73.7 Å². The van der Waals surface area contributed by atoms with E-state index in [-0.39, 0.29) is 11.5 Å². The van der Waals surface area contributed by atoms with Crippen LogP contribution >= 0.6 is 27.5 Å². The number of benzene rings is 2. The molecule has 0 fully saturated rings. The van der Waals surface area contributed by atoms with Gasteiger partial charge in [0.15, 0.2) is 0 Å². The Morgan fingerprint density at radius 3 is 2.60 bits per heavy atom. The summed E-state index contributed by atoms with van der Waals surface area (Å²) in [6, 6.07) is 12.0. The molecule has 3 aromatic rings. The molecule has 1 unspecified atom stereocenters. The van der Waals surface area contributed by atoms with Gasteiger partial charge in [0.1, 0.15) is 5.82 Å². The summed E-state index contributed by atoms with van der Waals surface area (Å²) in [5.41, 5.74) is 0.970. The molecule has 0 aliphatic heterocycles. The SMILES string of the molecule is CC(C)CCN(C(=O)c1cccc(Br)c1)C(C)c1nc2cc(Cl)ccc2c(=O)n1C. The van der Waals surface area contributed by atoms with E-state index in [2.05, 4.69) is 29.8 Å². The molecule has 1 atom stereocenters. The van der Waals surface area contributed by atoms with E-state index in [1.807, 2.05) is 25.1 Å². The number of rotatable bonds is 6. The zero-order valence-corrected chi connectivity index (χ0v) is 19.9. The molecule has 0 N–H and O–H groups in total. The van der Waals surface area contributed by atoms with Crippen molar-refractivity contribution in [3.8, 4) is 0 Å². The average Bonchev–Trinajstić information content (AvgIpc) is 2.70. The van der Waals surface area contributed by atoms with Crippen LogP contribution in [0.25, 0.3) is 10.9 Å². The molecule has 0 aliphatic rings.